The van der Waals surface area contributed by atoms with Gasteiger partial charge in [0.25, 0.3) is 5.91 Å². The van der Waals surface area contributed by atoms with Crippen molar-refractivity contribution in [1.82, 2.24) is 14.9 Å². The maximum absolute atomic E-state index is 14.7. The molecule has 3 amide bonds. The van der Waals surface area contributed by atoms with Crippen molar-refractivity contribution in [3.63, 3.8) is 0 Å². The van der Waals surface area contributed by atoms with Crippen molar-refractivity contribution < 1.29 is 37.4 Å². The van der Waals surface area contributed by atoms with Crippen LogP contribution in [0.2, 0.25) is 15.1 Å². The van der Waals surface area contributed by atoms with Crippen molar-refractivity contribution in [3.8, 4) is 0 Å². The number of carbonyl (C=O) groups excluding carboxylic acids is 2. The van der Waals surface area contributed by atoms with Crippen LogP contribution in [0.4, 0.5) is 10.5 Å². The summed E-state index contributed by atoms with van der Waals surface area (Å²) in [4.78, 5) is 42.9. The molecule has 0 fully saturated rings. The van der Waals surface area contributed by atoms with Crippen LogP contribution in [0.5, 0.6) is 0 Å². The number of carbonyl (C=O) groups is 3. The van der Waals surface area contributed by atoms with Gasteiger partial charge in [-0.2, -0.15) is 0 Å². The van der Waals surface area contributed by atoms with E-state index in [0.717, 1.165) is 9.80 Å². The average molecular weight is 772 g/mol. The topological polar surface area (TPSA) is 155 Å². The van der Waals surface area contributed by atoms with Crippen LogP contribution in [-0.2, 0) is 35.6 Å². The number of hydrogen-bond acceptors (Lipinski definition) is 7. The van der Waals surface area contributed by atoms with Crippen LogP contribution in [-0.4, -0.2) is 80.5 Å². The molecule has 3 rings (SSSR count). The molecular formula is C34H41Cl3N4O8S. The molecule has 3 N–H and O–H groups in total. The Labute approximate surface area is 307 Å². The van der Waals surface area contributed by atoms with Gasteiger partial charge >= 0.3 is 6.09 Å². The van der Waals surface area contributed by atoms with E-state index in [4.69, 9.17) is 44.3 Å². The predicted molar refractivity (Wildman–Crippen MR) is 193 cm³/mol. The molecule has 0 aliphatic carbocycles. The van der Waals surface area contributed by atoms with Gasteiger partial charge < -0.3 is 19.9 Å². The van der Waals surface area contributed by atoms with Crippen LogP contribution in [0.1, 0.15) is 39.7 Å². The van der Waals surface area contributed by atoms with Crippen molar-refractivity contribution in [3.05, 3.63) is 93.4 Å². The summed E-state index contributed by atoms with van der Waals surface area (Å²) < 4.78 is 40.4. The van der Waals surface area contributed by atoms with Gasteiger partial charge in [0, 0.05) is 54.5 Å². The second-order valence-electron chi connectivity index (χ2n) is 11.2. The lowest BCUT2D eigenvalue weighted by Gasteiger charge is -2.36. The molecule has 3 unspecified atom stereocenters. The highest BCUT2D eigenvalue weighted by molar-refractivity contribution is 7.89. The summed E-state index contributed by atoms with van der Waals surface area (Å²) in [5.74, 6) is -1.45. The third-order valence-corrected chi connectivity index (χ3v) is 9.90. The summed E-state index contributed by atoms with van der Waals surface area (Å²) >= 11 is 18.3. The van der Waals surface area contributed by atoms with E-state index in [0.29, 0.717) is 30.2 Å². The Morgan fingerprint density at radius 3 is 2.04 bits per heavy atom. The molecule has 0 saturated carbocycles. The zero-order valence-corrected chi connectivity index (χ0v) is 31.1. The van der Waals surface area contributed by atoms with Crippen molar-refractivity contribution >= 4 is 68.4 Å². The number of carboxylic acid groups (broad SMARTS) is 1. The van der Waals surface area contributed by atoms with Crippen LogP contribution < -0.4 is 14.9 Å². The molecule has 3 aromatic carbocycles. The number of benzene rings is 3. The van der Waals surface area contributed by atoms with E-state index in [1.54, 1.807) is 37.3 Å². The smallest absolute Gasteiger partial charge is 0.408 e. The van der Waals surface area contributed by atoms with Gasteiger partial charge in [0.2, 0.25) is 15.9 Å². The molecule has 272 valence electrons. The zero-order valence-electron chi connectivity index (χ0n) is 28.0. The SMILES string of the molecule is CCOC(CC(C)NC(=O)C(C)N(C(=O)C(CNS(=O)(=O)c1ccc(Cl)cc1Cl)N(Cc1ccccc1)C(=O)O)c1ccc(Cl)cc1)OCC. The molecule has 0 bridgehead atoms. The lowest BCUT2D eigenvalue weighted by Crippen LogP contribution is -2.59. The Kier molecular flexibility index (Phi) is 15.8. The van der Waals surface area contributed by atoms with Crippen LogP contribution in [0.3, 0.4) is 0 Å². The quantitative estimate of drug-likeness (QED) is 0.130. The Bertz CT molecular complexity index is 1690. The summed E-state index contributed by atoms with van der Waals surface area (Å²) in [5, 5.41) is 13.7. The lowest BCUT2D eigenvalue weighted by molar-refractivity contribution is -0.144. The largest absolute Gasteiger partial charge is 0.465 e. The number of halogens is 3. The Morgan fingerprint density at radius 1 is 0.880 bits per heavy atom. The van der Waals surface area contributed by atoms with Crippen molar-refractivity contribution in [2.45, 2.75) is 70.0 Å². The molecule has 0 aromatic heterocycles. The average Bonchev–Trinajstić information content (AvgIpc) is 3.05. The first kappa shape index (κ1) is 41.0. The third kappa shape index (κ3) is 11.6. The summed E-state index contributed by atoms with van der Waals surface area (Å²) in [5.41, 5.74) is 0.752. The minimum atomic E-state index is -4.39. The molecule has 16 heteroatoms. The van der Waals surface area contributed by atoms with E-state index in [9.17, 15) is 27.9 Å². The molecule has 12 nitrogen and oxygen atoms in total. The first-order chi connectivity index (χ1) is 23.7. The fraction of sp³-hybridized carbons (Fsp3) is 0.382. The lowest BCUT2D eigenvalue weighted by atomic mass is 10.1. The number of amides is 3. The van der Waals surface area contributed by atoms with Crippen LogP contribution in [0.25, 0.3) is 0 Å². The fourth-order valence-corrected chi connectivity index (χ4v) is 7.00. The van der Waals surface area contributed by atoms with Gasteiger partial charge in [-0.1, -0.05) is 65.1 Å². The Balaban J connectivity index is 2.05. The fourth-order valence-electron chi connectivity index (χ4n) is 5.07. The number of nitrogens with zero attached hydrogens (tertiary/aromatic N) is 2. The highest BCUT2D eigenvalue weighted by Gasteiger charge is 2.39. The minimum absolute atomic E-state index is 0.176. The van der Waals surface area contributed by atoms with Gasteiger partial charge in [0.05, 0.1) is 5.02 Å². The molecule has 50 heavy (non-hydrogen) atoms. The number of nitrogens with one attached hydrogen (secondary N) is 2. The van der Waals surface area contributed by atoms with Gasteiger partial charge in [-0.15, -0.1) is 0 Å². The Hall–Kier alpha value is -3.43. The molecule has 0 aliphatic rings. The number of anilines is 1. The maximum Gasteiger partial charge on any atom is 0.408 e. The number of sulfonamides is 1. The van der Waals surface area contributed by atoms with E-state index in [1.807, 2.05) is 13.8 Å². The van der Waals surface area contributed by atoms with E-state index < -0.39 is 58.9 Å². The zero-order chi connectivity index (χ0) is 37.0. The third-order valence-electron chi connectivity index (χ3n) is 7.50. The van der Waals surface area contributed by atoms with Gasteiger partial charge in [-0.05, 0) is 75.7 Å². The number of rotatable bonds is 18. The Morgan fingerprint density at radius 2 is 1.48 bits per heavy atom. The van der Waals surface area contributed by atoms with Crippen molar-refractivity contribution in [2.24, 2.45) is 0 Å². The van der Waals surface area contributed by atoms with Crippen molar-refractivity contribution in [2.75, 3.05) is 24.7 Å². The highest BCUT2D eigenvalue weighted by atomic mass is 35.5. The maximum atomic E-state index is 14.7. The van der Waals surface area contributed by atoms with Crippen LogP contribution in [0, 0.1) is 0 Å². The highest BCUT2D eigenvalue weighted by Crippen LogP contribution is 2.26. The van der Waals surface area contributed by atoms with Gasteiger partial charge in [-0.3, -0.25) is 19.4 Å². The molecule has 0 saturated heterocycles. The van der Waals surface area contributed by atoms with E-state index in [-0.39, 0.29) is 27.2 Å². The molecule has 0 radical (unpaired) electrons. The van der Waals surface area contributed by atoms with Gasteiger partial charge in [0.1, 0.15) is 17.0 Å². The molecule has 0 spiro atoms. The van der Waals surface area contributed by atoms with E-state index in [1.165, 1.54) is 49.4 Å². The molecule has 0 aliphatic heterocycles. The first-order valence-corrected chi connectivity index (χ1v) is 18.4. The summed E-state index contributed by atoms with van der Waals surface area (Å²) in [6, 6.07) is 15.0. The normalized spacial score (nSPS) is 13.4. The number of ether oxygens (including phenoxy) is 2. The van der Waals surface area contributed by atoms with E-state index in [2.05, 4.69) is 10.0 Å². The standard InChI is InChI=1S/C34H41Cl3N4O8S/c1-5-48-31(49-6-2)18-22(3)39-32(42)23(4)41(27-15-12-25(35)13-16-27)33(43)29(40(34(44)45)21-24-10-8-7-9-11-24)20-38-50(46,47)30-17-14-26(36)19-28(30)37/h7-17,19,22-23,29,31,38H,5-6,18,20-21H2,1-4H3,(H,39,42)(H,44,45). The predicted octanol–water partition coefficient (Wildman–Crippen LogP) is 6.19. The van der Waals surface area contributed by atoms with Gasteiger partial charge in [0.15, 0.2) is 6.29 Å². The summed E-state index contributed by atoms with van der Waals surface area (Å²) in [6.45, 7) is 6.70. The first-order valence-electron chi connectivity index (χ1n) is 15.8. The van der Waals surface area contributed by atoms with Gasteiger partial charge in [-0.25, -0.2) is 17.9 Å². The number of hydrogen-bond donors (Lipinski definition) is 3. The molecule has 0 heterocycles. The monoisotopic (exact) mass is 770 g/mol. The summed E-state index contributed by atoms with van der Waals surface area (Å²) in [6.07, 6.45) is -1.76. The van der Waals surface area contributed by atoms with E-state index >= 15 is 0 Å². The molecular weight excluding hydrogens is 731 g/mol. The van der Waals surface area contributed by atoms with Crippen molar-refractivity contribution in [1.29, 1.82) is 0 Å². The molecule has 3 atom stereocenters. The van der Waals surface area contributed by atoms with Crippen LogP contribution in [0.15, 0.2) is 77.7 Å². The molecule has 3 aromatic rings. The van der Waals surface area contributed by atoms with Crippen LogP contribution >= 0.6 is 34.8 Å². The minimum Gasteiger partial charge on any atom is -0.465 e. The summed E-state index contributed by atoms with van der Waals surface area (Å²) in [7, 11) is -4.39. The second kappa shape index (κ2) is 19.3. The second-order valence-corrected chi connectivity index (χ2v) is 14.2.